The van der Waals surface area contributed by atoms with Crippen LogP contribution in [0.4, 0.5) is 0 Å². The van der Waals surface area contributed by atoms with Gasteiger partial charge in [0, 0.05) is 6.20 Å². The lowest BCUT2D eigenvalue weighted by Crippen LogP contribution is -2.22. The summed E-state index contributed by atoms with van der Waals surface area (Å²) < 4.78 is 1.97. The Labute approximate surface area is 114 Å². The molecule has 0 saturated carbocycles. The molecule has 0 aliphatic carbocycles. The molecule has 0 bridgehead atoms. The zero-order valence-corrected chi connectivity index (χ0v) is 11.3. The predicted molar refractivity (Wildman–Crippen MR) is 77.5 cm³/mol. The van der Waals surface area contributed by atoms with Crippen molar-refractivity contribution in [2.45, 2.75) is 25.7 Å². The standard InChI is InChI=1S/C16H21N3/c1-2-7-16(8-3-1)19-11-9-15(18-19)12-14-6-4-5-10-17-13-14/h1-3,7-9,11,14,17H,4-6,10,12-13H2. The molecule has 0 spiro atoms. The van der Waals surface area contributed by atoms with Crippen LogP contribution >= 0.6 is 0 Å². The van der Waals surface area contributed by atoms with E-state index in [9.17, 15) is 0 Å². The highest BCUT2D eigenvalue weighted by Gasteiger charge is 2.13. The SMILES string of the molecule is c1ccc(-n2ccc(CC3CCCCNC3)n2)cc1. The molecule has 1 aliphatic heterocycles. The molecular weight excluding hydrogens is 234 g/mol. The fourth-order valence-electron chi connectivity index (χ4n) is 2.76. The molecule has 3 heteroatoms. The molecule has 100 valence electrons. The molecule has 1 saturated heterocycles. The lowest BCUT2D eigenvalue weighted by atomic mass is 9.98. The van der Waals surface area contributed by atoms with E-state index >= 15 is 0 Å². The van der Waals surface area contributed by atoms with Crippen molar-refractivity contribution in [2.24, 2.45) is 5.92 Å². The van der Waals surface area contributed by atoms with Crippen LogP contribution in [0.5, 0.6) is 0 Å². The number of aromatic nitrogens is 2. The van der Waals surface area contributed by atoms with Crippen molar-refractivity contribution in [3.05, 3.63) is 48.3 Å². The third-order valence-electron chi connectivity index (χ3n) is 3.81. The van der Waals surface area contributed by atoms with Gasteiger partial charge in [-0.1, -0.05) is 24.6 Å². The van der Waals surface area contributed by atoms with E-state index in [0.29, 0.717) is 0 Å². The normalized spacial score (nSPS) is 20.1. The van der Waals surface area contributed by atoms with Crippen LogP contribution in [0.1, 0.15) is 25.0 Å². The second-order valence-electron chi connectivity index (χ2n) is 5.36. The average Bonchev–Trinajstić information content (AvgIpc) is 2.76. The molecule has 1 atom stereocenters. The van der Waals surface area contributed by atoms with E-state index in [-0.39, 0.29) is 0 Å². The van der Waals surface area contributed by atoms with Crippen molar-refractivity contribution < 1.29 is 0 Å². The van der Waals surface area contributed by atoms with E-state index in [0.717, 1.165) is 24.6 Å². The van der Waals surface area contributed by atoms with Crippen LogP contribution in [-0.2, 0) is 6.42 Å². The smallest absolute Gasteiger partial charge is 0.0645 e. The second kappa shape index (κ2) is 6.02. The van der Waals surface area contributed by atoms with Crippen molar-refractivity contribution in [3.8, 4) is 5.69 Å². The van der Waals surface area contributed by atoms with Crippen molar-refractivity contribution in [3.63, 3.8) is 0 Å². The van der Waals surface area contributed by atoms with Gasteiger partial charge in [0.25, 0.3) is 0 Å². The maximum atomic E-state index is 4.69. The third-order valence-corrected chi connectivity index (χ3v) is 3.81. The van der Waals surface area contributed by atoms with Crippen molar-refractivity contribution in [2.75, 3.05) is 13.1 Å². The van der Waals surface area contributed by atoms with E-state index < -0.39 is 0 Å². The zero-order chi connectivity index (χ0) is 12.9. The monoisotopic (exact) mass is 255 g/mol. The molecule has 3 nitrogen and oxygen atoms in total. The number of benzene rings is 1. The van der Waals surface area contributed by atoms with Gasteiger partial charge in [0.05, 0.1) is 11.4 Å². The first-order valence-corrected chi connectivity index (χ1v) is 7.22. The molecular formula is C16H21N3. The van der Waals surface area contributed by atoms with Crippen LogP contribution in [0.15, 0.2) is 42.6 Å². The topological polar surface area (TPSA) is 29.9 Å². The quantitative estimate of drug-likeness (QED) is 0.914. The molecule has 2 aromatic rings. The van der Waals surface area contributed by atoms with E-state index in [2.05, 4.69) is 29.7 Å². The van der Waals surface area contributed by atoms with E-state index in [1.54, 1.807) is 0 Å². The summed E-state index contributed by atoms with van der Waals surface area (Å²) in [5.74, 6) is 0.738. The summed E-state index contributed by atoms with van der Waals surface area (Å²) in [4.78, 5) is 0. The van der Waals surface area contributed by atoms with Crippen molar-refractivity contribution in [1.29, 1.82) is 0 Å². The Balaban J connectivity index is 1.68. The summed E-state index contributed by atoms with van der Waals surface area (Å²) in [5, 5.41) is 8.22. The number of nitrogens with zero attached hydrogens (tertiary/aromatic N) is 2. The highest BCUT2D eigenvalue weighted by atomic mass is 15.3. The first-order valence-electron chi connectivity index (χ1n) is 7.22. The number of rotatable bonds is 3. The van der Waals surface area contributed by atoms with Gasteiger partial charge in [-0.15, -0.1) is 0 Å². The Morgan fingerprint density at radius 3 is 2.95 bits per heavy atom. The Hall–Kier alpha value is -1.61. The largest absolute Gasteiger partial charge is 0.316 e. The number of hydrogen-bond donors (Lipinski definition) is 1. The molecule has 2 heterocycles. The van der Waals surface area contributed by atoms with Gasteiger partial charge in [-0.25, -0.2) is 4.68 Å². The highest BCUT2D eigenvalue weighted by Crippen LogP contribution is 2.16. The molecule has 19 heavy (non-hydrogen) atoms. The van der Waals surface area contributed by atoms with Crippen LogP contribution in [0.2, 0.25) is 0 Å². The maximum absolute atomic E-state index is 4.69. The first kappa shape index (κ1) is 12.4. The summed E-state index contributed by atoms with van der Waals surface area (Å²) in [6, 6.07) is 12.5. The Bertz CT molecular complexity index is 496. The summed E-state index contributed by atoms with van der Waals surface area (Å²) in [7, 11) is 0. The van der Waals surface area contributed by atoms with Crippen molar-refractivity contribution in [1.82, 2.24) is 15.1 Å². The molecule has 1 unspecified atom stereocenters. The van der Waals surface area contributed by atoms with Gasteiger partial charge in [0.1, 0.15) is 0 Å². The second-order valence-corrected chi connectivity index (χ2v) is 5.36. The van der Waals surface area contributed by atoms with E-state index in [1.165, 1.54) is 31.5 Å². The van der Waals surface area contributed by atoms with Gasteiger partial charge in [-0.05, 0) is 56.5 Å². The van der Waals surface area contributed by atoms with Gasteiger partial charge in [0.2, 0.25) is 0 Å². The summed E-state index contributed by atoms with van der Waals surface area (Å²) in [5.41, 5.74) is 2.34. The van der Waals surface area contributed by atoms with Gasteiger partial charge < -0.3 is 5.32 Å². The fourth-order valence-corrected chi connectivity index (χ4v) is 2.76. The Morgan fingerprint density at radius 2 is 2.05 bits per heavy atom. The van der Waals surface area contributed by atoms with Crippen LogP contribution < -0.4 is 5.32 Å². The fraction of sp³-hybridized carbons (Fsp3) is 0.438. The molecule has 0 amide bonds. The minimum Gasteiger partial charge on any atom is -0.316 e. The van der Waals surface area contributed by atoms with Gasteiger partial charge in [0.15, 0.2) is 0 Å². The summed E-state index contributed by atoms with van der Waals surface area (Å²) in [6.45, 7) is 2.31. The molecule has 0 radical (unpaired) electrons. The molecule has 1 aromatic carbocycles. The minimum absolute atomic E-state index is 0.738. The van der Waals surface area contributed by atoms with Gasteiger partial charge >= 0.3 is 0 Å². The van der Waals surface area contributed by atoms with Crippen LogP contribution in [0, 0.1) is 5.92 Å². The highest BCUT2D eigenvalue weighted by molar-refractivity contribution is 5.30. The molecule has 1 N–H and O–H groups in total. The van der Waals surface area contributed by atoms with Crippen LogP contribution in [-0.4, -0.2) is 22.9 Å². The number of hydrogen-bond acceptors (Lipinski definition) is 2. The molecule has 3 rings (SSSR count). The first-order chi connectivity index (χ1) is 9.42. The summed E-state index contributed by atoms with van der Waals surface area (Å²) >= 11 is 0. The molecule has 1 aromatic heterocycles. The van der Waals surface area contributed by atoms with Crippen LogP contribution in [0.3, 0.4) is 0 Å². The lowest BCUT2D eigenvalue weighted by molar-refractivity contribution is 0.471. The van der Waals surface area contributed by atoms with Gasteiger partial charge in [-0.2, -0.15) is 5.10 Å². The van der Waals surface area contributed by atoms with Crippen LogP contribution in [0.25, 0.3) is 5.69 Å². The molecule has 1 fully saturated rings. The third kappa shape index (κ3) is 3.24. The zero-order valence-electron chi connectivity index (χ0n) is 11.3. The lowest BCUT2D eigenvalue weighted by Gasteiger charge is -2.12. The van der Waals surface area contributed by atoms with E-state index in [4.69, 9.17) is 5.10 Å². The number of para-hydroxylation sites is 1. The Kier molecular flexibility index (Phi) is 3.94. The van der Waals surface area contributed by atoms with E-state index in [1.807, 2.05) is 22.9 Å². The summed E-state index contributed by atoms with van der Waals surface area (Å²) in [6.07, 6.45) is 7.14. The molecule has 1 aliphatic rings. The maximum Gasteiger partial charge on any atom is 0.0645 e. The minimum atomic E-state index is 0.738. The Morgan fingerprint density at radius 1 is 1.16 bits per heavy atom. The van der Waals surface area contributed by atoms with Crippen molar-refractivity contribution >= 4 is 0 Å². The predicted octanol–water partition coefficient (Wildman–Crippen LogP) is 2.80. The number of nitrogens with one attached hydrogen (secondary N) is 1. The van der Waals surface area contributed by atoms with Gasteiger partial charge in [-0.3, -0.25) is 0 Å². The average molecular weight is 255 g/mol.